The molecule has 2 heterocycles. The van der Waals surface area contributed by atoms with Gasteiger partial charge in [-0.1, -0.05) is 0 Å². The van der Waals surface area contributed by atoms with Gasteiger partial charge in [-0.2, -0.15) is 0 Å². The van der Waals surface area contributed by atoms with Crippen LogP contribution in [-0.4, -0.2) is 26.7 Å². The molecule has 0 aliphatic carbocycles. The van der Waals surface area contributed by atoms with E-state index in [0.29, 0.717) is 11.3 Å². The van der Waals surface area contributed by atoms with Crippen molar-refractivity contribution < 1.29 is 4.79 Å². The largest absolute Gasteiger partial charge is 0.324 e. The number of nitrogens with two attached hydrogens (primary N) is 1. The highest BCUT2D eigenvalue weighted by molar-refractivity contribution is 5.96. The number of hydrogen-bond donors (Lipinski definition) is 1. The molecular weight excluding hydrogens is 180 g/mol. The first kappa shape index (κ1) is 8.83. The summed E-state index contributed by atoms with van der Waals surface area (Å²) < 4.78 is 1.77. The summed E-state index contributed by atoms with van der Waals surface area (Å²) in [5.74, 6) is 0.638. The number of fused-ring (bicyclic) bond motifs is 1. The molecule has 0 atom stereocenters. The molecule has 0 fully saturated rings. The van der Waals surface area contributed by atoms with Gasteiger partial charge < -0.3 is 5.73 Å². The third-order valence-electron chi connectivity index (χ3n) is 2.04. The normalized spacial score (nSPS) is 10.7. The zero-order valence-electron chi connectivity index (χ0n) is 7.77. The molecule has 72 valence electrons. The lowest BCUT2D eigenvalue weighted by atomic mass is 10.3. The first-order chi connectivity index (χ1) is 6.72. The van der Waals surface area contributed by atoms with Crippen molar-refractivity contribution >= 4 is 11.4 Å². The Kier molecular flexibility index (Phi) is 2.01. The summed E-state index contributed by atoms with van der Waals surface area (Å²) in [7, 11) is 0. The monoisotopic (exact) mass is 190 g/mol. The van der Waals surface area contributed by atoms with Gasteiger partial charge in [0.2, 0.25) is 0 Å². The van der Waals surface area contributed by atoms with Crippen molar-refractivity contribution in [2.75, 3.05) is 6.54 Å². The van der Waals surface area contributed by atoms with Gasteiger partial charge in [0, 0.05) is 12.4 Å². The molecule has 0 aromatic carbocycles. The van der Waals surface area contributed by atoms with Gasteiger partial charge in [-0.25, -0.2) is 9.97 Å². The van der Waals surface area contributed by atoms with Gasteiger partial charge in [0.15, 0.2) is 5.78 Å². The number of rotatable bonds is 2. The number of carbonyl (C=O) groups excluding carboxylic acids is 1. The van der Waals surface area contributed by atoms with Crippen molar-refractivity contribution in [3.05, 3.63) is 30.0 Å². The molecule has 0 radical (unpaired) electrons. The van der Waals surface area contributed by atoms with Gasteiger partial charge in [-0.3, -0.25) is 9.20 Å². The van der Waals surface area contributed by atoms with Gasteiger partial charge in [0.25, 0.3) is 0 Å². The van der Waals surface area contributed by atoms with Crippen molar-refractivity contribution in [2.24, 2.45) is 5.73 Å². The molecule has 5 nitrogen and oxygen atoms in total. The van der Waals surface area contributed by atoms with Gasteiger partial charge in [-0.15, -0.1) is 0 Å². The second-order valence-electron chi connectivity index (χ2n) is 2.97. The van der Waals surface area contributed by atoms with Gasteiger partial charge in [0.05, 0.1) is 6.54 Å². The van der Waals surface area contributed by atoms with E-state index in [4.69, 9.17) is 5.73 Å². The molecule has 0 saturated heterocycles. The number of ketones is 1. The van der Waals surface area contributed by atoms with Crippen LogP contribution in [0.2, 0.25) is 0 Å². The van der Waals surface area contributed by atoms with Crippen molar-refractivity contribution in [1.29, 1.82) is 0 Å². The maximum Gasteiger partial charge on any atom is 0.196 e. The Balaban J connectivity index is 2.62. The molecule has 2 aromatic heterocycles. The predicted molar refractivity (Wildman–Crippen MR) is 51.1 cm³/mol. The number of nitrogens with zero attached hydrogens (tertiary/aromatic N) is 3. The van der Waals surface area contributed by atoms with Crippen molar-refractivity contribution in [3.63, 3.8) is 0 Å². The van der Waals surface area contributed by atoms with Crippen LogP contribution in [0.25, 0.3) is 5.65 Å². The van der Waals surface area contributed by atoms with E-state index in [1.54, 1.807) is 22.9 Å². The lowest BCUT2D eigenvalue weighted by molar-refractivity contribution is 0.0997. The van der Waals surface area contributed by atoms with E-state index in [9.17, 15) is 4.79 Å². The standard InChI is InChI=1S/C9H10N4O/c1-6-11-3-2-9-12-7(5-13(6)9)8(14)4-10/h2-3,5H,4,10H2,1H3. The Hall–Kier alpha value is -1.75. The molecule has 0 bridgehead atoms. The maximum atomic E-state index is 11.3. The van der Waals surface area contributed by atoms with E-state index in [1.165, 1.54) is 0 Å². The molecule has 0 aliphatic heterocycles. The van der Waals surface area contributed by atoms with Gasteiger partial charge in [-0.05, 0) is 13.0 Å². The van der Waals surface area contributed by atoms with Gasteiger partial charge >= 0.3 is 0 Å². The SMILES string of the molecule is Cc1nccc2nc(C(=O)CN)cn12. The van der Waals surface area contributed by atoms with Crippen LogP contribution in [0.3, 0.4) is 0 Å². The molecule has 0 spiro atoms. The van der Waals surface area contributed by atoms with E-state index < -0.39 is 0 Å². The third-order valence-corrected chi connectivity index (χ3v) is 2.04. The minimum atomic E-state index is -0.159. The summed E-state index contributed by atoms with van der Waals surface area (Å²) in [6.07, 6.45) is 3.32. The second-order valence-corrected chi connectivity index (χ2v) is 2.97. The highest BCUT2D eigenvalue weighted by Crippen LogP contribution is 2.06. The summed E-state index contributed by atoms with van der Waals surface area (Å²) in [5.41, 5.74) is 6.36. The van der Waals surface area contributed by atoms with Crippen LogP contribution in [0, 0.1) is 6.92 Å². The highest BCUT2D eigenvalue weighted by Gasteiger charge is 2.09. The Labute approximate surface area is 80.6 Å². The highest BCUT2D eigenvalue weighted by atomic mass is 16.1. The van der Waals surface area contributed by atoms with Crippen LogP contribution in [0.1, 0.15) is 16.3 Å². The topological polar surface area (TPSA) is 73.3 Å². The van der Waals surface area contributed by atoms with E-state index in [2.05, 4.69) is 9.97 Å². The van der Waals surface area contributed by atoms with Crippen LogP contribution in [0.5, 0.6) is 0 Å². The van der Waals surface area contributed by atoms with E-state index in [-0.39, 0.29) is 12.3 Å². The zero-order chi connectivity index (χ0) is 10.1. The second kappa shape index (κ2) is 3.19. The first-order valence-corrected chi connectivity index (χ1v) is 4.26. The van der Waals surface area contributed by atoms with Crippen molar-refractivity contribution in [1.82, 2.24) is 14.4 Å². The predicted octanol–water partition coefficient (Wildman–Crippen LogP) is 0.179. The zero-order valence-corrected chi connectivity index (χ0v) is 7.77. The molecule has 0 aliphatic rings. The number of imidazole rings is 1. The molecule has 2 rings (SSSR count). The van der Waals surface area contributed by atoms with Crippen molar-refractivity contribution in [3.8, 4) is 0 Å². The molecule has 2 N–H and O–H groups in total. The summed E-state index contributed by atoms with van der Waals surface area (Å²) >= 11 is 0. The summed E-state index contributed by atoms with van der Waals surface area (Å²) in [5, 5.41) is 0. The maximum absolute atomic E-state index is 11.3. The summed E-state index contributed by atoms with van der Waals surface area (Å²) in [4.78, 5) is 19.5. The average molecular weight is 190 g/mol. The van der Waals surface area contributed by atoms with E-state index >= 15 is 0 Å². The number of aryl methyl sites for hydroxylation is 1. The van der Waals surface area contributed by atoms with Crippen LogP contribution >= 0.6 is 0 Å². The Bertz CT molecular complexity index is 489. The number of hydrogen-bond acceptors (Lipinski definition) is 4. The van der Waals surface area contributed by atoms with Gasteiger partial charge in [0.1, 0.15) is 17.2 Å². The van der Waals surface area contributed by atoms with E-state index in [0.717, 1.165) is 5.82 Å². The summed E-state index contributed by atoms with van der Waals surface area (Å²) in [6.45, 7) is 1.84. The van der Waals surface area contributed by atoms with Crippen LogP contribution in [0.4, 0.5) is 0 Å². The fourth-order valence-corrected chi connectivity index (χ4v) is 1.28. The molecule has 0 amide bonds. The molecular formula is C9H10N4O. The first-order valence-electron chi connectivity index (χ1n) is 4.26. The molecule has 2 aromatic rings. The minimum absolute atomic E-state index is 0.0175. The van der Waals surface area contributed by atoms with Crippen LogP contribution in [0.15, 0.2) is 18.5 Å². The Morgan fingerprint density at radius 2 is 2.43 bits per heavy atom. The summed E-state index contributed by atoms with van der Waals surface area (Å²) in [6, 6.07) is 1.75. The molecule has 5 heteroatoms. The Morgan fingerprint density at radius 3 is 3.07 bits per heavy atom. The third kappa shape index (κ3) is 1.27. The van der Waals surface area contributed by atoms with E-state index in [1.807, 2.05) is 6.92 Å². The van der Waals surface area contributed by atoms with Crippen molar-refractivity contribution in [2.45, 2.75) is 6.92 Å². The fraction of sp³-hybridized carbons (Fsp3) is 0.222. The lowest BCUT2D eigenvalue weighted by Crippen LogP contribution is -2.13. The van der Waals surface area contributed by atoms with Crippen LogP contribution < -0.4 is 5.73 Å². The lowest BCUT2D eigenvalue weighted by Gasteiger charge is -1.94. The Morgan fingerprint density at radius 1 is 1.64 bits per heavy atom. The smallest absolute Gasteiger partial charge is 0.196 e. The molecule has 0 unspecified atom stereocenters. The number of aromatic nitrogens is 3. The molecule has 14 heavy (non-hydrogen) atoms. The number of Topliss-reactive ketones (excluding diaryl/α,β-unsaturated/α-hetero) is 1. The molecule has 0 saturated carbocycles. The quantitative estimate of drug-likeness (QED) is 0.685. The van der Waals surface area contributed by atoms with Crippen LogP contribution in [-0.2, 0) is 0 Å². The minimum Gasteiger partial charge on any atom is -0.324 e. The average Bonchev–Trinajstić information content (AvgIpc) is 2.62. The number of carbonyl (C=O) groups is 1. The fourth-order valence-electron chi connectivity index (χ4n) is 1.28.